The quantitative estimate of drug-likeness (QED) is 0.608. The molecule has 0 radical (unpaired) electrons. The van der Waals surface area contributed by atoms with Crippen LogP contribution in [0.25, 0.3) is 5.53 Å². The summed E-state index contributed by atoms with van der Waals surface area (Å²) in [5, 5.41) is 2.82. The van der Waals surface area contributed by atoms with Gasteiger partial charge >= 0.3 is 5.71 Å². The van der Waals surface area contributed by atoms with Gasteiger partial charge in [-0.2, -0.15) is 4.79 Å². The van der Waals surface area contributed by atoms with E-state index in [4.69, 9.17) is 19.7 Å². The van der Waals surface area contributed by atoms with Crippen LogP contribution in [0.1, 0.15) is 30.6 Å². The Hall–Kier alpha value is -3.05. The van der Waals surface area contributed by atoms with Crippen molar-refractivity contribution in [2.45, 2.75) is 20.3 Å². The second-order valence-corrected chi connectivity index (χ2v) is 5.12. The van der Waals surface area contributed by atoms with Gasteiger partial charge in [0.15, 0.2) is 0 Å². The van der Waals surface area contributed by atoms with Crippen molar-refractivity contribution >= 4 is 11.6 Å². The largest absolute Gasteiger partial charge is 0.497 e. The molecule has 1 aliphatic rings. The third-order valence-electron chi connectivity index (χ3n) is 3.53. The van der Waals surface area contributed by atoms with Crippen LogP contribution >= 0.6 is 0 Å². The number of nitrogens with zero attached hydrogens (tertiary/aromatic N) is 2. The molecule has 1 amide bonds. The van der Waals surface area contributed by atoms with E-state index in [2.05, 4.69) is 10.1 Å². The van der Waals surface area contributed by atoms with E-state index >= 15 is 0 Å². The fourth-order valence-electron chi connectivity index (χ4n) is 2.34. The van der Waals surface area contributed by atoms with Gasteiger partial charge in [-0.3, -0.25) is 4.79 Å². The Labute approximate surface area is 146 Å². The summed E-state index contributed by atoms with van der Waals surface area (Å²) in [5.41, 5.74) is 10.5. The van der Waals surface area contributed by atoms with Gasteiger partial charge in [0.25, 0.3) is 5.91 Å². The van der Waals surface area contributed by atoms with Crippen LogP contribution in [0.4, 0.5) is 0 Å². The summed E-state index contributed by atoms with van der Waals surface area (Å²) in [6, 6.07) is 6.77. The Morgan fingerprint density at radius 2 is 1.88 bits per heavy atom. The van der Waals surface area contributed by atoms with Crippen LogP contribution in [0.2, 0.25) is 0 Å². The molecule has 1 aromatic carbocycles. The van der Waals surface area contributed by atoms with Crippen molar-refractivity contribution in [1.29, 1.82) is 0 Å². The standard InChI is InChI=1S/C18H21N3O4/c1-4-24-16-11-15(21-19)17(25-5-2)10-14(16)20-18(22)12-6-8-13(23-3)9-7-12/h6-10H,4-5,11H2,1-3H3,(H,20,22). The first kappa shape index (κ1) is 18.3. The monoisotopic (exact) mass is 343 g/mol. The average molecular weight is 343 g/mol. The topological polar surface area (TPSA) is 93.2 Å². The van der Waals surface area contributed by atoms with Crippen LogP contribution in [0.15, 0.2) is 47.6 Å². The number of benzene rings is 1. The number of carbonyl (C=O) groups excluding carboxylic acids is 1. The molecule has 0 unspecified atom stereocenters. The molecule has 2 rings (SSSR count). The minimum Gasteiger partial charge on any atom is -0.497 e. The van der Waals surface area contributed by atoms with Gasteiger partial charge in [0.2, 0.25) is 5.76 Å². The van der Waals surface area contributed by atoms with E-state index in [0.29, 0.717) is 47.5 Å². The van der Waals surface area contributed by atoms with Crippen LogP contribution in [-0.4, -0.2) is 36.7 Å². The number of rotatable bonds is 7. The zero-order chi connectivity index (χ0) is 18.2. The number of nitrogens with one attached hydrogen (secondary N) is 1. The fourth-order valence-corrected chi connectivity index (χ4v) is 2.34. The lowest BCUT2D eigenvalue weighted by atomic mass is 10.1. The van der Waals surface area contributed by atoms with E-state index < -0.39 is 0 Å². The normalized spacial score (nSPS) is 13.7. The highest BCUT2D eigenvalue weighted by Gasteiger charge is 2.28. The van der Waals surface area contributed by atoms with Crippen LogP contribution in [-0.2, 0) is 9.47 Å². The van der Waals surface area contributed by atoms with Gasteiger partial charge in [0.05, 0.1) is 26.0 Å². The first-order valence-electron chi connectivity index (χ1n) is 8.00. The molecule has 0 aliphatic heterocycles. The molecular formula is C18H21N3O4. The van der Waals surface area contributed by atoms with Gasteiger partial charge < -0.3 is 25.1 Å². The second kappa shape index (κ2) is 8.70. The highest BCUT2D eigenvalue weighted by atomic mass is 16.5. The molecular weight excluding hydrogens is 322 g/mol. The Morgan fingerprint density at radius 3 is 2.44 bits per heavy atom. The maximum absolute atomic E-state index is 12.5. The zero-order valence-corrected chi connectivity index (χ0v) is 14.5. The van der Waals surface area contributed by atoms with E-state index in [9.17, 15) is 4.79 Å². The Bertz CT molecular complexity index is 744. The van der Waals surface area contributed by atoms with Gasteiger partial charge in [-0.15, -0.1) is 0 Å². The summed E-state index contributed by atoms with van der Waals surface area (Å²) in [5.74, 6) is 1.30. The summed E-state index contributed by atoms with van der Waals surface area (Å²) in [6.07, 6.45) is 1.84. The summed E-state index contributed by atoms with van der Waals surface area (Å²) in [7, 11) is 1.57. The second-order valence-electron chi connectivity index (χ2n) is 5.12. The average Bonchev–Trinajstić information content (AvgIpc) is 2.64. The minimum atomic E-state index is -0.286. The maximum Gasteiger partial charge on any atom is 0.341 e. The molecule has 0 bridgehead atoms. The highest BCUT2D eigenvalue weighted by molar-refractivity contribution is 5.99. The number of allylic oxidation sites excluding steroid dienone is 3. The number of ether oxygens (including phenoxy) is 3. The van der Waals surface area contributed by atoms with Gasteiger partial charge in [0.1, 0.15) is 17.9 Å². The molecule has 0 saturated heterocycles. The van der Waals surface area contributed by atoms with E-state index in [-0.39, 0.29) is 12.3 Å². The molecule has 132 valence electrons. The Kier molecular flexibility index (Phi) is 6.37. The van der Waals surface area contributed by atoms with Crippen molar-refractivity contribution in [2.75, 3.05) is 20.3 Å². The lowest BCUT2D eigenvalue weighted by Crippen LogP contribution is -2.28. The van der Waals surface area contributed by atoms with Crippen LogP contribution < -0.4 is 10.1 Å². The third kappa shape index (κ3) is 4.49. The maximum atomic E-state index is 12.5. The number of hydrogen-bond acceptors (Lipinski definition) is 4. The summed E-state index contributed by atoms with van der Waals surface area (Å²) in [4.78, 5) is 15.7. The Balaban J connectivity index is 2.28. The van der Waals surface area contributed by atoms with Crippen LogP contribution in [0.3, 0.4) is 0 Å². The predicted molar refractivity (Wildman–Crippen MR) is 92.1 cm³/mol. The molecule has 0 saturated carbocycles. The molecule has 25 heavy (non-hydrogen) atoms. The number of carbonyl (C=O) groups is 1. The van der Waals surface area contributed by atoms with E-state index in [1.165, 1.54) is 0 Å². The van der Waals surface area contributed by atoms with Gasteiger partial charge in [-0.05, 0) is 38.1 Å². The SMILES string of the molecule is CCOC1=CC(NC(=O)c2ccc(OC)cc2)=C(OCC)CC1=[N+]=[N-]. The fraction of sp³-hybridized carbons (Fsp3) is 0.333. The summed E-state index contributed by atoms with van der Waals surface area (Å²) in [6.45, 7) is 4.50. The van der Waals surface area contributed by atoms with Gasteiger partial charge in [-0.1, -0.05) is 0 Å². The van der Waals surface area contributed by atoms with Crippen molar-refractivity contribution in [1.82, 2.24) is 5.32 Å². The molecule has 0 aromatic heterocycles. The van der Waals surface area contributed by atoms with Crippen molar-refractivity contribution in [3.05, 3.63) is 58.7 Å². The van der Waals surface area contributed by atoms with E-state index in [1.807, 2.05) is 13.8 Å². The molecule has 0 atom stereocenters. The molecule has 0 heterocycles. The number of amides is 1. The molecule has 0 fully saturated rings. The van der Waals surface area contributed by atoms with Gasteiger partial charge in [0, 0.05) is 11.6 Å². The number of methoxy groups -OCH3 is 1. The summed E-state index contributed by atoms with van der Waals surface area (Å²) < 4.78 is 16.1. The van der Waals surface area contributed by atoms with Crippen molar-refractivity contribution in [3.63, 3.8) is 0 Å². The molecule has 1 aromatic rings. The highest BCUT2D eigenvalue weighted by Crippen LogP contribution is 2.22. The molecule has 1 aliphatic carbocycles. The minimum absolute atomic E-state index is 0.231. The van der Waals surface area contributed by atoms with Crippen molar-refractivity contribution in [3.8, 4) is 5.75 Å². The summed E-state index contributed by atoms with van der Waals surface area (Å²) >= 11 is 0. The molecule has 7 heteroatoms. The van der Waals surface area contributed by atoms with E-state index in [1.54, 1.807) is 37.5 Å². The van der Waals surface area contributed by atoms with Crippen molar-refractivity contribution in [2.24, 2.45) is 0 Å². The zero-order valence-electron chi connectivity index (χ0n) is 14.5. The van der Waals surface area contributed by atoms with Gasteiger partial charge in [-0.25, -0.2) is 0 Å². The third-order valence-corrected chi connectivity index (χ3v) is 3.53. The molecule has 7 nitrogen and oxygen atoms in total. The van der Waals surface area contributed by atoms with Crippen LogP contribution in [0.5, 0.6) is 5.75 Å². The predicted octanol–water partition coefficient (Wildman–Crippen LogP) is 2.67. The van der Waals surface area contributed by atoms with Crippen molar-refractivity contribution < 1.29 is 23.8 Å². The first-order valence-corrected chi connectivity index (χ1v) is 8.00. The Morgan fingerprint density at radius 1 is 1.20 bits per heavy atom. The smallest absolute Gasteiger partial charge is 0.341 e. The lowest BCUT2D eigenvalue weighted by Gasteiger charge is -2.18. The van der Waals surface area contributed by atoms with E-state index in [0.717, 1.165) is 0 Å². The first-order chi connectivity index (χ1) is 12.1. The lowest BCUT2D eigenvalue weighted by molar-refractivity contribution is -0.0135. The molecule has 0 spiro atoms. The van der Waals surface area contributed by atoms with Crippen LogP contribution in [0, 0.1) is 0 Å². The molecule has 1 N–H and O–H groups in total. The number of hydrogen-bond donors (Lipinski definition) is 1.